The summed E-state index contributed by atoms with van der Waals surface area (Å²) in [5.74, 6) is 0. The van der Waals surface area contributed by atoms with Crippen molar-refractivity contribution in [3.8, 4) is 0 Å². The molecular formula is C13H16N4O5S. The Labute approximate surface area is 131 Å². The molecule has 0 saturated carbocycles. The Morgan fingerprint density at radius 3 is 2.48 bits per heavy atom. The lowest BCUT2D eigenvalue weighted by Gasteiger charge is -2.20. The lowest BCUT2D eigenvalue weighted by molar-refractivity contribution is 0.254. The van der Waals surface area contributed by atoms with Crippen molar-refractivity contribution in [1.82, 2.24) is 19.3 Å². The monoisotopic (exact) mass is 340 g/mol. The number of H-pyrrole nitrogens is 2. The van der Waals surface area contributed by atoms with Gasteiger partial charge in [-0.3, -0.25) is 14.8 Å². The van der Waals surface area contributed by atoms with E-state index in [1.165, 1.54) is 0 Å². The highest BCUT2D eigenvalue weighted by Gasteiger charge is 2.27. The average Bonchev–Trinajstić information content (AvgIpc) is 2.52. The van der Waals surface area contributed by atoms with E-state index in [0.29, 0.717) is 6.42 Å². The fourth-order valence-electron chi connectivity index (χ4n) is 2.00. The van der Waals surface area contributed by atoms with Crippen LogP contribution in [0.3, 0.4) is 0 Å². The lowest BCUT2D eigenvalue weighted by Crippen LogP contribution is -2.39. The zero-order valence-electron chi connectivity index (χ0n) is 12.1. The molecule has 0 bridgehead atoms. The SMILES string of the molecule is O=c1[nH]cc(S(=O)(=O)N(CCO)CCc2ccncc2)c(=O)[nH]1. The smallest absolute Gasteiger partial charge is 0.325 e. The summed E-state index contributed by atoms with van der Waals surface area (Å²) < 4.78 is 26.1. The van der Waals surface area contributed by atoms with E-state index < -0.39 is 32.8 Å². The summed E-state index contributed by atoms with van der Waals surface area (Å²) in [6.07, 6.45) is 4.43. The highest BCUT2D eigenvalue weighted by molar-refractivity contribution is 7.89. The number of nitrogens with one attached hydrogen (secondary N) is 2. The van der Waals surface area contributed by atoms with Crippen LogP contribution in [0.4, 0.5) is 0 Å². The standard InChI is InChI=1S/C13H16N4O5S/c18-8-7-17(6-3-10-1-4-14-5-2-10)23(21,22)11-9-15-13(20)16-12(11)19/h1-2,4-5,9,18H,3,6-8H2,(H2,15,16,19,20). The van der Waals surface area contributed by atoms with E-state index in [9.17, 15) is 18.0 Å². The Morgan fingerprint density at radius 2 is 1.87 bits per heavy atom. The van der Waals surface area contributed by atoms with Gasteiger partial charge in [-0.2, -0.15) is 4.31 Å². The summed E-state index contributed by atoms with van der Waals surface area (Å²) in [5.41, 5.74) is -0.923. The number of sulfonamides is 1. The van der Waals surface area contributed by atoms with Crippen molar-refractivity contribution in [3.63, 3.8) is 0 Å². The molecule has 0 aromatic carbocycles. The number of aliphatic hydroxyl groups excluding tert-OH is 1. The van der Waals surface area contributed by atoms with Crippen LogP contribution in [-0.4, -0.2) is 52.5 Å². The van der Waals surface area contributed by atoms with Crippen LogP contribution < -0.4 is 11.2 Å². The molecule has 23 heavy (non-hydrogen) atoms. The predicted octanol–water partition coefficient (Wildman–Crippen LogP) is -1.32. The van der Waals surface area contributed by atoms with Crippen LogP contribution >= 0.6 is 0 Å². The number of nitrogens with zero attached hydrogens (tertiary/aromatic N) is 2. The molecule has 0 aliphatic carbocycles. The first kappa shape index (κ1) is 17.1. The molecule has 0 aliphatic heterocycles. The van der Waals surface area contributed by atoms with Crippen LogP contribution in [0.1, 0.15) is 5.56 Å². The van der Waals surface area contributed by atoms with Crippen LogP contribution in [0.15, 0.2) is 45.2 Å². The van der Waals surface area contributed by atoms with E-state index in [-0.39, 0.29) is 13.1 Å². The molecule has 2 heterocycles. The van der Waals surface area contributed by atoms with Crippen LogP contribution in [0, 0.1) is 0 Å². The Hall–Kier alpha value is -2.30. The van der Waals surface area contributed by atoms with Crippen LogP contribution in [0.25, 0.3) is 0 Å². The van der Waals surface area contributed by atoms with Crippen molar-refractivity contribution in [3.05, 3.63) is 57.1 Å². The van der Waals surface area contributed by atoms with E-state index in [0.717, 1.165) is 16.1 Å². The second-order valence-corrected chi connectivity index (χ2v) is 6.58. The number of aliphatic hydroxyl groups is 1. The predicted molar refractivity (Wildman–Crippen MR) is 81.5 cm³/mol. The Balaban J connectivity index is 2.28. The molecule has 2 aromatic rings. The Morgan fingerprint density at radius 1 is 1.17 bits per heavy atom. The molecule has 0 saturated heterocycles. The van der Waals surface area contributed by atoms with Gasteiger partial charge in [-0.1, -0.05) is 0 Å². The van der Waals surface area contributed by atoms with Gasteiger partial charge in [0.25, 0.3) is 5.56 Å². The number of hydrogen-bond donors (Lipinski definition) is 3. The highest BCUT2D eigenvalue weighted by Crippen LogP contribution is 2.11. The largest absolute Gasteiger partial charge is 0.395 e. The maximum atomic E-state index is 12.5. The maximum Gasteiger partial charge on any atom is 0.325 e. The fraction of sp³-hybridized carbons (Fsp3) is 0.308. The van der Waals surface area contributed by atoms with Crippen LogP contribution in [0.5, 0.6) is 0 Å². The zero-order chi connectivity index (χ0) is 16.9. The summed E-state index contributed by atoms with van der Waals surface area (Å²) in [6.45, 7) is -0.478. The number of aromatic amines is 2. The van der Waals surface area contributed by atoms with Gasteiger partial charge in [0.2, 0.25) is 10.0 Å². The molecule has 0 radical (unpaired) electrons. The van der Waals surface area contributed by atoms with Gasteiger partial charge in [-0.15, -0.1) is 0 Å². The minimum Gasteiger partial charge on any atom is -0.395 e. The minimum absolute atomic E-state index is 0.0749. The van der Waals surface area contributed by atoms with E-state index in [1.54, 1.807) is 24.5 Å². The number of rotatable bonds is 7. The van der Waals surface area contributed by atoms with Crippen LogP contribution in [0.2, 0.25) is 0 Å². The molecular weight excluding hydrogens is 324 g/mol. The summed E-state index contributed by atoms with van der Waals surface area (Å²) in [4.78, 5) is 30.0. The van der Waals surface area contributed by atoms with E-state index in [2.05, 4.69) is 9.97 Å². The van der Waals surface area contributed by atoms with Crippen LogP contribution in [-0.2, 0) is 16.4 Å². The fourth-order valence-corrected chi connectivity index (χ4v) is 3.42. The molecule has 0 atom stereocenters. The molecule has 10 heteroatoms. The van der Waals surface area contributed by atoms with Gasteiger partial charge in [-0.05, 0) is 24.1 Å². The van der Waals surface area contributed by atoms with Crippen molar-refractivity contribution in [1.29, 1.82) is 0 Å². The van der Waals surface area contributed by atoms with E-state index >= 15 is 0 Å². The Bertz CT molecular complexity index is 860. The summed E-state index contributed by atoms with van der Waals surface area (Å²) in [5, 5.41) is 9.10. The molecule has 9 nitrogen and oxygen atoms in total. The molecule has 0 amide bonds. The molecule has 3 N–H and O–H groups in total. The molecule has 2 rings (SSSR count). The van der Waals surface area contributed by atoms with Gasteiger partial charge in [0.15, 0.2) is 4.90 Å². The summed E-state index contributed by atoms with van der Waals surface area (Å²) in [7, 11) is -4.14. The third-order valence-electron chi connectivity index (χ3n) is 3.15. The van der Waals surface area contributed by atoms with Crippen molar-refractivity contribution in [2.75, 3.05) is 19.7 Å². The summed E-state index contributed by atoms with van der Waals surface area (Å²) in [6, 6.07) is 3.49. The van der Waals surface area contributed by atoms with E-state index in [1.807, 2.05) is 4.98 Å². The number of pyridine rings is 1. The highest BCUT2D eigenvalue weighted by atomic mass is 32.2. The molecule has 2 aromatic heterocycles. The van der Waals surface area contributed by atoms with Crippen molar-refractivity contribution in [2.45, 2.75) is 11.3 Å². The van der Waals surface area contributed by atoms with Gasteiger partial charge in [-0.25, -0.2) is 13.2 Å². The normalized spacial score (nSPS) is 11.7. The maximum absolute atomic E-state index is 12.5. The molecule has 0 aliphatic rings. The minimum atomic E-state index is -4.14. The number of aromatic nitrogens is 3. The van der Waals surface area contributed by atoms with Gasteiger partial charge >= 0.3 is 5.69 Å². The van der Waals surface area contributed by atoms with Gasteiger partial charge in [0.05, 0.1) is 6.61 Å². The summed E-state index contributed by atoms with van der Waals surface area (Å²) >= 11 is 0. The second kappa shape index (κ2) is 7.31. The average molecular weight is 340 g/mol. The van der Waals surface area contributed by atoms with Crippen molar-refractivity contribution >= 4 is 10.0 Å². The first-order valence-electron chi connectivity index (χ1n) is 6.77. The van der Waals surface area contributed by atoms with Gasteiger partial charge in [0.1, 0.15) is 0 Å². The third-order valence-corrected chi connectivity index (χ3v) is 5.06. The quantitative estimate of drug-likeness (QED) is 0.572. The van der Waals surface area contributed by atoms with Crippen molar-refractivity contribution < 1.29 is 13.5 Å². The first-order chi connectivity index (χ1) is 10.9. The molecule has 0 unspecified atom stereocenters. The lowest BCUT2D eigenvalue weighted by atomic mass is 10.2. The first-order valence-corrected chi connectivity index (χ1v) is 8.21. The van der Waals surface area contributed by atoms with Gasteiger partial charge in [0, 0.05) is 31.7 Å². The third kappa shape index (κ3) is 4.12. The van der Waals surface area contributed by atoms with Crippen molar-refractivity contribution in [2.24, 2.45) is 0 Å². The Kier molecular flexibility index (Phi) is 5.42. The van der Waals surface area contributed by atoms with E-state index in [4.69, 9.17) is 5.11 Å². The van der Waals surface area contributed by atoms with Gasteiger partial charge < -0.3 is 10.1 Å². The zero-order valence-corrected chi connectivity index (χ0v) is 12.9. The molecule has 124 valence electrons. The number of hydrogen-bond acceptors (Lipinski definition) is 6. The topological polar surface area (TPSA) is 136 Å². The molecule has 0 fully saturated rings. The second-order valence-electron chi connectivity index (χ2n) is 4.67. The molecule has 0 spiro atoms.